The summed E-state index contributed by atoms with van der Waals surface area (Å²) in [5.41, 5.74) is 3.22. The van der Waals surface area contributed by atoms with E-state index in [0.29, 0.717) is 44.9 Å². The van der Waals surface area contributed by atoms with E-state index < -0.39 is 0 Å². The Morgan fingerprint density at radius 1 is 0.935 bits per heavy atom. The maximum atomic E-state index is 11.5. The number of carbonyl (C=O) groups excluding carboxylic acids is 1. The summed E-state index contributed by atoms with van der Waals surface area (Å²) in [5.74, 6) is 1.17. The first-order chi connectivity index (χ1) is 15.0. The second-order valence-corrected chi connectivity index (χ2v) is 7.55. The molecule has 0 amide bonds. The summed E-state index contributed by atoms with van der Waals surface area (Å²) in [7, 11) is 3.12. The Morgan fingerprint density at radius 2 is 1.71 bits per heavy atom. The van der Waals surface area contributed by atoms with Crippen molar-refractivity contribution in [1.82, 2.24) is 15.2 Å². The normalized spacial score (nSPS) is 10.8. The lowest BCUT2D eigenvalue weighted by molar-refractivity contribution is 0.112. The van der Waals surface area contributed by atoms with Gasteiger partial charge in [0.25, 0.3) is 0 Å². The molecular weight excluding hydrogens is 437 g/mol. The van der Waals surface area contributed by atoms with Crippen molar-refractivity contribution in [2.24, 2.45) is 0 Å². The van der Waals surface area contributed by atoms with Gasteiger partial charge in [0.15, 0.2) is 6.29 Å². The maximum Gasteiger partial charge on any atom is 0.153 e. The van der Waals surface area contributed by atoms with Gasteiger partial charge in [-0.15, -0.1) is 5.10 Å². The number of rotatable bonds is 6. The molecule has 2 aromatic carbocycles. The molecule has 4 aromatic rings. The molecular formula is C23H17Cl2N3O3. The molecule has 156 valence electrons. The Kier molecular flexibility index (Phi) is 6.02. The van der Waals surface area contributed by atoms with E-state index >= 15 is 0 Å². The first-order valence-corrected chi connectivity index (χ1v) is 10.1. The van der Waals surface area contributed by atoms with Crippen LogP contribution < -0.4 is 9.47 Å². The zero-order valence-electron chi connectivity index (χ0n) is 16.7. The Balaban J connectivity index is 1.91. The molecule has 0 aliphatic carbocycles. The van der Waals surface area contributed by atoms with Gasteiger partial charge >= 0.3 is 0 Å². The van der Waals surface area contributed by atoms with Crippen molar-refractivity contribution in [2.75, 3.05) is 14.2 Å². The Hall–Kier alpha value is -3.22. The van der Waals surface area contributed by atoms with E-state index in [2.05, 4.69) is 15.2 Å². The van der Waals surface area contributed by atoms with Crippen LogP contribution in [-0.4, -0.2) is 35.7 Å². The van der Waals surface area contributed by atoms with E-state index in [9.17, 15) is 4.79 Å². The second-order valence-electron chi connectivity index (χ2n) is 6.74. The number of fused-ring (bicyclic) bond motifs is 1. The highest BCUT2D eigenvalue weighted by molar-refractivity contribution is 6.35. The van der Waals surface area contributed by atoms with Crippen molar-refractivity contribution in [2.45, 2.75) is 6.42 Å². The predicted octanol–water partition coefficient (Wildman–Crippen LogP) is 5.42. The molecule has 4 rings (SSSR count). The molecule has 0 aliphatic heterocycles. The Labute approximate surface area is 188 Å². The smallest absolute Gasteiger partial charge is 0.153 e. The van der Waals surface area contributed by atoms with Crippen LogP contribution in [0.3, 0.4) is 0 Å². The summed E-state index contributed by atoms with van der Waals surface area (Å²) in [6.45, 7) is 0. The van der Waals surface area contributed by atoms with Gasteiger partial charge in [-0.2, -0.15) is 5.10 Å². The van der Waals surface area contributed by atoms with E-state index in [1.807, 2.05) is 24.3 Å². The summed E-state index contributed by atoms with van der Waals surface area (Å²) < 4.78 is 10.7. The zero-order chi connectivity index (χ0) is 22.0. The Morgan fingerprint density at radius 3 is 2.39 bits per heavy atom. The third kappa shape index (κ3) is 4.04. The van der Waals surface area contributed by atoms with Crippen LogP contribution in [0.5, 0.6) is 11.5 Å². The van der Waals surface area contributed by atoms with Crippen LogP contribution in [-0.2, 0) is 6.42 Å². The molecule has 0 unspecified atom stereocenters. The van der Waals surface area contributed by atoms with Crippen molar-refractivity contribution in [3.63, 3.8) is 0 Å². The van der Waals surface area contributed by atoms with Gasteiger partial charge in [-0.1, -0.05) is 23.2 Å². The number of carbonyl (C=O) groups is 1. The monoisotopic (exact) mass is 453 g/mol. The van der Waals surface area contributed by atoms with Crippen LogP contribution in [0.25, 0.3) is 22.0 Å². The highest BCUT2D eigenvalue weighted by atomic mass is 35.5. The maximum absolute atomic E-state index is 11.5. The van der Waals surface area contributed by atoms with Gasteiger partial charge in [0.2, 0.25) is 0 Å². The van der Waals surface area contributed by atoms with Crippen LogP contribution in [0.15, 0.2) is 48.8 Å². The van der Waals surface area contributed by atoms with Gasteiger partial charge < -0.3 is 9.47 Å². The molecule has 0 N–H and O–H groups in total. The second kappa shape index (κ2) is 8.88. The molecule has 0 radical (unpaired) electrons. The lowest BCUT2D eigenvalue weighted by atomic mass is 9.99. The standard InChI is InChI=1S/C23H17Cl2N3O3/c1-30-15-4-5-16-17(8-15)23(13-3-6-22(31-2)14(7-13)12-29)28-27-21(16)9-18-19(24)10-26-11-20(18)25/h3-8,10-12H,9H2,1-2H3. The molecule has 0 spiro atoms. The van der Waals surface area contributed by atoms with Crippen molar-refractivity contribution in [3.8, 4) is 22.8 Å². The van der Waals surface area contributed by atoms with Crippen LogP contribution in [0.2, 0.25) is 10.0 Å². The van der Waals surface area contributed by atoms with Crippen LogP contribution in [0.4, 0.5) is 0 Å². The number of nitrogens with zero attached hydrogens (tertiary/aromatic N) is 3. The number of hydrogen-bond acceptors (Lipinski definition) is 6. The topological polar surface area (TPSA) is 74.2 Å². The SMILES string of the molecule is COc1ccc2c(Cc3c(Cl)cncc3Cl)nnc(-c3ccc(OC)c(C=O)c3)c2c1. The zero-order valence-corrected chi connectivity index (χ0v) is 18.2. The van der Waals surface area contributed by atoms with Crippen molar-refractivity contribution in [1.29, 1.82) is 0 Å². The van der Waals surface area contributed by atoms with E-state index in [1.165, 1.54) is 7.11 Å². The summed E-state index contributed by atoms with van der Waals surface area (Å²) in [5, 5.41) is 11.6. The lowest BCUT2D eigenvalue weighted by Gasteiger charge is -2.13. The van der Waals surface area contributed by atoms with Crippen molar-refractivity contribution >= 4 is 40.3 Å². The summed E-state index contributed by atoms with van der Waals surface area (Å²) in [6.07, 6.45) is 4.24. The molecule has 2 heterocycles. The molecule has 2 aromatic heterocycles. The van der Waals surface area contributed by atoms with Gasteiger partial charge in [-0.3, -0.25) is 9.78 Å². The third-order valence-corrected chi connectivity index (χ3v) is 5.64. The van der Waals surface area contributed by atoms with Gasteiger partial charge in [0, 0.05) is 35.2 Å². The number of aldehydes is 1. The average molecular weight is 454 g/mol. The number of benzene rings is 2. The molecule has 0 saturated carbocycles. The van der Waals surface area contributed by atoms with E-state index in [0.717, 1.165) is 28.2 Å². The number of halogens is 2. The van der Waals surface area contributed by atoms with Gasteiger partial charge in [0.05, 0.1) is 35.5 Å². The van der Waals surface area contributed by atoms with Crippen LogP contribution in [0, 0.1) is 0 Å². The quantitative estimate of drug-likeness (QED) is 0.363. The van der Waals surface area contributed by atoms with Crippen LogP contribution in [0.1, 0.15) is 21.6 Å². The van der Waals surface area contributed by atoms with Crippen LogP contribution >= 0.6 is 23.2 Å². The first kappa shape index (κ1) is 21.0. The van der Waals surface area contributed by atoms with Crippen molar-refractivity contribution < 1.29 is 14.3 Å². The number of methoxy groups -OCH3 is 2. The van der Waals surface area contributed by atoms with E-state index in [4.69, 9.17) is 32.7 Å². The van der Waals surface area contributed by atoms with Crippen molar-refractivity contribution in [3.05, 3.63) is 75.7 Å². The fourth-order valence-corrected chi connectivity index (χ4v) is 3.91. The summed E-state index contributed by atoms with van der Waals surface area (Å²) in [4.78, 5) is 15.5. The van der Waals surface area contributed by atoms with Gasteiger partial charge in [0.1, 0.15) is 17.2 Å². The molecule has 31 heavy (non-hydrogen) atoms. The lowest BCUT2D eigenvalue weighted by Crippen LogP contribution is -2.01. The fourth-order valence-electron chi connectivity index (χ4n) is 3.41. The molecule has 6 nitrogen and oxygen atoms in total. The molecule has 0 bridgehead atoms. The Bertz CT molecular complexity index is 1270. The fraction of sp³-hybridized carbons (Fsp3) is 0.130. The third-order valence-electron chi connectivity index (χ3n) is 4.99. The predicted molar refractivity (Wildman–Crippen MR) is 121 cm³/mol. The largest absolute Gasteiger partial charge is 0.497 e. The number of ether oxygens (including phenoxy) is 2. The minimum atomic E-state index is 0.387. The highest BCUT2D eigenvalue weighted by Crippen LogP contribution is 2.34. The number of aromatic nitrogens is 3. The van der Waals surface area contributed by atoms with Gasteiger partial charge in [-0.05, 0) is 42.0 Å². The minimum Gasteiger partial charge on any atom is -0.497 e. The summed E-state index contributed by atoms with van der Waals surface area (Å²) >= 11 is 12.6. The highest BCUT2D eigenvalue weighted by Gasteiger charge is 2.16. The molecule has 0 saturated heterocycles. The van der Waals surface area contributed by atoms with E-state index in [1.54, 1.807) is 31.6 Å². The van der Waals surface area contributed by atoms with Gasteiger partial charge in [-0.25, -0.2) is 0 Å². The molecule has 0 aliphatic rings. The average Bonchev–Trinajstić information content (AvgIpc) is 2.80. The summed E-state index contributed by atoms with van der Waals surface area (Å²) in [6, 6.07) is 11.0. The van der Waals surface area contributed by atoms with E-state index in [-0.39, 0.29) is 0 Å². The minimum absolute atomic E-state index is 0.387. The first-order valence-electron chi connectivity index (χ1n) is 9.30. The number of hydrogen-bond donors (Lipinski definition) is 0. The molecule has 0 atom stereocenters. The molecule has 8 heteroatoms. The number of pyridine rings is 1. The molecule has 0 fully saturated rings.